The third kappa shape index (κ3) is 2.98. The van der Waals surface area contributed by atoms with Crippen LogP contribution in [0.2, 0.25) is 0 Å². The number of allylic oxidation sites excluding steroid dienone is 1. The van der Waals surface area contributed by atoms with Crippen LogP contribution in [0, 0.1) is 0 Å². The molecule has 0 spiro atoms. The van der Waals surface area contributed by atoms with Crippen LogP contribution in [0.1, 0.15) is 30.9 Å². The van der Waals surface area contributed by atoms with Crippen molar-refractivity contribution in [3.8, 4) is 21.6 Å². The smallest absolute Gasteiger partial charge is 0.314 e. The van der Waals surface area contributed by atoms with E-state index in [1.165, 1.54) is 11.3 Å². The second-order valence-corrected chi connectivity index (χ2v) is 8.22. The average Bonchev–Trinajstić information content (AvgIpc) is 3.47. The Hall–Kier alpha value is -3.05. The van der Waals surface area contributed by atoms with Crippen LogP contribution in [0.25, 0.3) is 27.6 Å². The Kier molecular flexibility index (Phi) is 4.47. The van der Waals surface area contributed by atoms with Crippen LogP contribution in [-0.4, -0.2) is 11.1 Å². The van der Waals surface area contributed by atoms with Crippen molar-refractivity contribution in [2.75, 3.05) is 11.5 Å². The molecule has 0 bridgehead atoms. The van der Waals surface area contributed by atoms with Crippen LogP contribution in [0.15, 0.2) is 54.6 Å². The molecule has 4 rings (SSSR count). The zero-order chi connectivity index (χ0) is 19.9. The highest BCUT2D eigenvalue weighted by atomic mass is 32.1. The van der Waals surface area contributed by atoms with Crippen LogP contribution in [0.5, 0.6) is 0 Å². The predicted octanol–water partition coefficient (Wildman–Crippen LogP) is 5.40. The molecule has 5 heteroatoms. The molecule has 0 saturated heterocycles. The van der Waals surface area contributed by atoms with Gasteiger partial charge in [0.05, 0.1) is 21.0 Å². The highest BCUT2D eigenvalue weighted by molar-refractivity contribution is 7.20. The van der Waals surface area contributed by atoms with Crippen molar-refractivity contribution in [3.63, 3.8) is 0 Å². The summed E-state index contributed by atoms with van der Waals surface area (Å²) >= 11 is 1.50. The lowest BCUT2D eigenvalue weighted by Crippen LogP contribution is -2.19. The molecule has 1 aliphatic carbocycles. The quantitative estimate of drug-likeness (QED) is 0.544. The molecular formula is C23H22N2O2S. The first-order chi connectivity index (χ1) is 13.5. The SMILES string of the molecule is C/C=C\c1c(N)sc(-c2ccc(-c3ccc(C4(C(=O)O)CC4)cc3)cc2)c1N. The van der Waals surface area contributed by atoms with Gasteiger partial charge >= 0.3 is 5.97 Å². The molecular weight excluding hydrogens is 368 g/mol. The lowest BCUT2D eigenvalue weighted by molar-refractivity contribution is -0.140. The minimum atomic E-state index is -0.727. The third-order valence-electron chi connectivity index (χ3n) is 5.42. The number of thiophene rings is 1. The number of nitrogens with two attached hydrogens (primary N) is 2. The topological polar surface area (TPSA) is 89.3 Å². The predicted molar refractivity (Wildman–Crippen MR) is 117 cm³/mol. The van der Waals surface area contributed by atoms with E-state index in [0.717, 1.165) is 50.5 Å². The van der Waals surface area contributed by atoms with E-state index < -0.39 is 11.4 Å². The first-order valence-electron chi connectivity index (χ1n) is 9.21. The number of carboxylic acid groups (broad SMARTS) is 1. The van der Waals surface area contributed by atoms with E-state index in [0.29, 0.717) is 5.69 Å². The second-order valence-electron chi connectivity index (χ2n) is 7.16. The minimum Gasteiger partial charge on any atom is -0.481 e. The van der Waals surface area contributed by atoms with Crippen molar-refractivity contribution >= 4 is 34.1 Å². The Morgan fingerprint density at radius 2 is 1.54 bits per heavy atom. The van der Waals surface area contributed by atoms with Gasteiger partial charge in [0.1, 0.15) is 0 Å². The van der Waals surface area contributed by atoms with Gasteiger partial charge < -0.3 is 16.6 Å². The number of carbonyl (C=O) groups is 1. The summed E-state index contributed by atoms with van der Waals surface area (Å²) in [5, 5.41) is 10.2. The minimum absolute atomic E-state index is 0.663. The van der Waals surface area contributed by atoms with Crippen molar-refractivity contribution in [1.82, 2.24) is 0 Å². The van der Waals surface area contributed by atoms with Gasteiger partial charge in [-0.15, -0.1) is 11.3 Å². The van der Waals surface area contributed by atoms with Gasteiger partial charge in [0, 0.05) is 5.56 Å². The molecule has 2 aromatic carbocycles. The number of anilines is 2. The summed E-state index contributed by atoms with van der Waals surface area (Å²) in [5.74, 6) is -0.727. The van der Waals surface area contributed by atoms with Crippen LogP contribution in [0.4, 0.5) is 10.7 Å². The van der Waals surface area contributed by atoms with Crippen molar-refractivity contribution in [2.24, 2.45) is 0 Å². The van der Waals surface area contributed by atoms with Crippen molar-refractivity contribution < 1.29 is 9.90 Å². The highest BCUT2D eigenvalue weighted by Gasteiger charge is 2.51. The summed E-state index contributed by atoms with van der Waals surface area (Å²) in [4.78, 5) is 12.5. The average molecular weight is 391 g/mol. The molecule has 0 unspecified atom stereocenters. The summed E-state index contributed by atoms with van der Waals surface area (Å²) in [7, 11) is 0. The number of benzene rings is 2. The van der Waals surface area contributed by atoms with E-state index in [1.807, 2.05) is 55.5 Å². The zero-order valence-electron chi connectivity index (χ0n) is 15.6. The maximum Gasteiger partial charge on any atom is 0.314 e. The Balaban J connectivity index is 1.61. The summed E-state index contributed by atoms with van der Waals surface area (Å²) in [6.45, 7) is 1.94. The number of aliphatic carboxylic acids is 1. The van der Waals surface area contributed by atoms with Crippen LogP contribution in [0.3, 0.4) is 0 Å². The van der Waals surface area contributed by atoms with Crippen LogP contribution >= 0.6 is 11.3 Å². The van der Waals surface area contributed by atoms with Gasteiger partial charge in [-0.25, -0.2) is 0 Å². The summed E-state index contributed by atoms with van der Waals surface area (Å²) in [6, 6.07) is 16.1. The Bertz CT molecular complexity index is 1060. The zero-order valence-corrected chi connectivity index (χ0v) is 16.4. The molecule has 0 aliphatic heterocycles. The highest BCUT2D eigenvalue weighted by Crippen LogP contribution is 2.48. The monoisotopic (exact) mass is 390 g/mol. The fourth-order valence-electron chi connectivity index (χ4n) is 3.57. The van der Waals surface area contributed by atoms with Gasteiger partial charge in [-0.2, -0.15) is 0 Å². The summed E-state index contributed by atoms with van der Waals surface area (Å²) < 4.78 is 0. The lowest BCUT2D eigenvalue weighted by Gasteiger charge is -2.11. The molecule has 0 radical (unpaired) electrons. The van der Waals surface area contributed by atoms with Gasteiger partial charge in [-0.1, -0.05) is 60.7 Å². The van der Waals surface area contributed by atoms with Crippen molar-refractivity contribution in [2.45, 2.75) is 25.2 Å². The fraction of sp³-hybridized carbons (Fsp3) is 0.174. The first-order valence-corrected chi connectivity index (χ1v) is 10.0. The van der Waals surface area contributed by atoms with Crippen molar-refractivity contribution in [3.05, 3.63) is 65.7 Å². The molecule has 3 aromatic rings. The molecule has 142 valence electrons. The van der Waals surface area contributed by atoms with E-state index in [-0.39, 0.29) is 0 Å². The largest absolute Gasteiger partial charge is 0.481 e. The standard InChI is InChI=1S/C23H22N2O2S/c1-2-3-18-19(24)20(28-21(18)25)16-6-4-14(5-7-16)15-8-10-17(11-9-15)23(12-13-23)22(26)27/h2-11H,12-13,24-25H2,1H3,(H,26,27)/b3-2-. The summed E-state index contributed by atoms with van der Waals surface area (Å²) in [6.07, 6.45) is 5.31. The molecule has 5 N–H and O–H groups in total. The van der Waals surface area contributed by atoms with E-state index in [1.54, 1.807) is 0 Å². The third-order valence-corrected chi connectivity index (χ3v) is 6.52. The van der Waals surface area contributed by atoms with Gasteiger partial charge in [0.15, 0.2) is 0 Å². The molecule has 4 nitrogen and oxygen atoms in total. The molecule has 0 amide bonds. The maximum atomic E-state index is 11.5. The number of hydrogen-bond acceptors (Lipinski definition) is 4. The first kappa shape index (κ1) is 18.3. The van der Waals surface area contributed by atoms with E-state index >= 15 is 0 Å². The lowest BCUT2D eigenvalue weighted by atomic mass is 9.93. The van der Waals surface area contributed by atoms with Gasteiger partial charge in [0.2, 0.25) is 0 Å². The van der Waals surface area contributed by atoms with Gasteiger partial charge in [-0.05, 0) is 42.0 Å². The van der Waals surface area contributed by atoms with Crippen LogP contribution < -0.4 is 11.5 Å². The number of nitrogen functional groups attached to an aromatic ring is 2. The summed E-state index contributed by atoms with van der Waals surface area (Å²) in [5.41, 5.74) is 17.4. The van der Waals surface area contributed by atoms with E-state index in [4.69, 9.17) is 11.5 Å². The Morgan fingerprint density at radius 1 is 1.00 bits per heavy atom. The molecule has 1 aromatic heterocycles. The molecule has 0 atom stereocenters. The second kappa shape index (κ2) is 6.84. The number of carboxylic acids is 1. The van der Waals surface area contributed by atoms with E-state index in [2.05, 4.69) is 12.1 Å². The van der Waals surface area contributed by atoms with Crippen LogP contribution in [-0.2, 0) is 10.2 Å². The van der Waals surface area contributed by atoms with Crippen molar-refractivity contribution in [1.29, 1.82) is 0 Å². The van der Waals surface area contributed by atoms with Gasteiger partial charge in [-0.3, -0.25) is 4.79 Å². The fourth-order valence-corrected chi connectivity index (χ4v) is 4.56. The maximum absolute atomic E-state index is 11.5. The van der Waals surface area contributed by atoms with E-state index in [9.17, 15) is 9.90 Å². The molecule has 1 aliphatic rings. The molecule has 28 heavy (non-hydrogen) atoms. The molecule has 1 heterocycles. The Morgan fingerprint density at radius 3 is 2.04 bits per heavy atom. The number of hydrogen-bond donors (Lipinski definition) is 3. The number of rotatable bonds is 5. The normalized spacial score (nSPS) is 15.0. The Labute approximate surface area is 168 Å². The van der Waals surface area contributed by atoms with Gasteiger partial charge in [0.25, 0.3) is 0 Å². The molecule has 1 saturated carbocycles. The molecule has 1 fully saturated rings.